The van der Waals surface area contributed by atoms with Gasteiger partial charge in [-0.05, 0) is 30.5 Å². The van der Waals surface area contributed by atoms with Crippen molar-refractivity contribution in [1.82, 2.24) is 15.6 Å². The van der Waals surface area contributed by atoms with E-state index in [1.165, 1.54) is 0 Å². The first-order valence-electron chi connectivity index (χ1n) is 8.36. The molecule has 8 heteroatoms. The SMILES string of the molecule is CSCCNC(=NCc1cccc(N(C)C)n1)NCCc1ccco1.I. The summed E-state index contributed by atoms with van der Waals surface area (Å²) in [6.45, 7) is 2.18. The van der Waals surface area contributed by atoms with Crippen LogP contribution >= 0.6 is 35.7 Å². The van der Waals surface area contributed by atoms with E-state index in [2.05, 4.69) is 26.9 Å². The minimum Gasteiger partial charge on any atom is -0.469 e. The number of aromatic nitrogens is 1. The number of halogens is 1. The topological polar surface area (TPSA) is 65.7 Å². The summed E-state index contributed by atoms with van der Waals surface area (Å²) in [6.07, 6.45) is 4.62. The Morgan fingerprint density at radius 3 is 2.69 bits per heavy atom. The van der Waals surface area contributed by atoms with Crippen molar-refractivity contribution in [1.29, 1.82) is 0 Å². The number of aliphatic imine (C=N–C) groups is 1. The molecule has 0 aliphatic heterocycles. The van der Waals surface area contributed by atoms with Crippen molar-refractivity contribution < 1.29 is 4.42 Å². The summed E-state index contributed by atoms with van der Waals surface area (Å²) >= 11 is 1.81. The van der Waals surface area contributed by atoms with E-state index < -0.39 is 0 Å². The Morgan fingerprint density at radius 2 is 2.00 bits per heavy atom. The second-order valence-electron chi connectivity index (χ2n) is 5.72. The monoisotopic (exact) mass is 489 g/mol. The van der Waals surface area contributed by atoms with Crippen LogP contribution in [0.25, 0.3) is 0 Å². The van der Waals surface area contributed by atoms with Crippen LogP contribution in [0.4, 0.5) is 5.82 Å². The first-order chi connectivity index (χ1) is 12.2. The number of nitrogens with zero attached hydrogens (tertiary/aromatic N) is 3. The number of guanidine groups is 1. The molecule has 0 amide bonds. The highest BCUT2D eigenvalue weighted by atomic mass is 127. The summed E-state index contributed by atoms with van der Waals surface area (Å²) in [7, 11) is 3.97. The van der Waals surface area contributed by atoms with Crippen LogP contribution in [0.3, 0.4) is 0 Å². The summed E-state index contributed by atoms with van der Waals surface area (Å²) in [6, 6.07) is 9.89. The van der Waals surface area contributed by atoms with E-state index in [4.69, 9.17) is 4.42 Å². The van der Waals surface area contributed by atoms with E-state index in [0.717, 1.165) is 48.5 Å². The summed E-state index contributed by atoms with van der Waals surface area (Å²) < 4.78 is 5.36. The second-order valence-corrected chi connectivity index (χ2v) is 6.71. The van der Waals surface area contributed by atoms with Gasteiger partial charge in [0.15, 0.2) is 5.96 Å². The molecule has 2 rings (SSSR count). The van der Waals surface area contributed by atoms with Crippen molar-refractivity contribution in [3.05, 3.63) is 48.0 Å². The van der Waals surface area contributed by atoms with Crippen molar-refractivity contribution in [2.24, 2.45) is 4.99 Å². The van der Waals surface area contributed by atoms with Crippen molar-refractivity contribution >= 4 is 47.5 Å². The molecule has 0 saturated carbocycles. The maximum atomic E-state index is 5.36. The van der Waals surface area contributed by atoms with Crippen molar-refractivity contribution in [3.63, 3.8) is 0 Å². The van der Waals surface area contributed by atoms with Gasteiger partial charge in [0, 0.05) is 39.4 Å². The van der Waals surface area contributed by atoms with Gasteiger partial charge < -0.3 is 20.0 Å². The van der Waals surface area contributed by atoms with Gasteiger partial charge in [0.1, 0.15) is 11.6 Å². The lowest BCUT2D eigenvalue weighted by Gasteiger charge is -2.13. The lowest BCUT2D eigenvalue weighted by Crippen LogP contribution is -2.39. The molecule has 0 bridgehead atoms. The smallest absolute Gasteiger partial charge is 0.191 e. The Kier molecular flexibility index (Phi) is 11.2. The molecular formula is C18H28IN5OS. The molecule has 0 aliphatic rings. The number of rotatable bonds is 9. The molecule has 0 radical (unpaired) electrons. The van der Waals surface area contributed by atoms with Gasteiger partial charge in [-0.25, -0.2) is 9.98 Å². The number of anilines is 1. The van der Waals surface area contributed by atoms with Gasteiger partial charge in [0.05, 0.1) is 18.5 Å². The van der Waals surface area contributed by atoms with Crippen LogP contribution in [0.2, 0.25) is 0 Å². The Morgan fingerprint density at radius 1 is 1.19 bits per heavy atom. The van der Waals surface area contributed by atoms with E-state index >= 15 is 0 Å². The van der Waals surface area contributed by atoms with E-state index in [9.17, 15) is 0 Å². The lowest BCUT2D eigenvalue weighted by molar-refractivity contribution is 0.507. The molecule has 2 aromatic heterocycles. The van der Waals surface area contributed by atoms with E-state index in [1.54, 1.807) is 18.0 Å². The van der Waals surface area contributed by atoms with E-state index in [0.29, 0.717) is 6.54 Å². The molecular weight excluding hydrogens is 461 g/mol. The number of hydrogen-bond acceptors (Lipinski definition) is 5. The Balaban J connectivity index is 0.00000338. The van der Waals surface area contributed by atoms with Crippen LogP contribution in [0.5, 0.6) is 0 Å². The predicted molar refractivity (Wildman–Crippen MR) is 122 cm³/mol. The predicted octanol–water partition coefficient (Wildman–Crippen LogP) is 3.00. The third-order valence-electron chi connectivity index (χ3n) is 3.49. The number of hydrogen-bond donors (Lipinski definition) is 2. The zero-order valence-corrected chi connectivity index (χ0v) is 18.7. The summed E-state index contributed by atoms with van der Waals surface area (Å²) in [5.74, 6) is 3.75. The maximum Gasteiger partial charge on any atom is 0.191 e. The molecule has 0 unspecified atom stereocenters. The maximum absolute atomic E-state index is 5.36. The van der Waals surface area contributed by atoms with Crippen molar-refractivity contribution in [2.45, 2.75) is 13.0 Å². The number of nitrogens with one attached hydrogen (secondary N) is 2. The number of furan rings is 1. The molecule has 0 atom stereocenters. The molecule has 144 valence electrons. The van der Waals surface area contributed by atoms with Crippen LogP contribution in [-0.2, 0) is 13.0 Å². The normalized spacial score (nSPS) is 11.0. The molecule has 2 N–H and O–H groups in total. The molecule has 0 aliphatic carbocycles. The first kappa shape index (κ1) is 22.6. The van der Waals surface area contributed by atoms with Gasteiger partial charge in [-0.1, -0.05) is 6.07 Å². The summed E-state index contributed by atoms with van der Waals surface area (Å²) in [5.41, 5.74) is 0.947. The average molecular weight is 489 g/mol. The van der Waals surface area contributed by atoms with Crippen LogP contribution in [0, 0.1) is 0 Å². The highest BCUT2D eigenvalue weighted by Crippen LogP contribution is 2.08. The standard InChI is InChI=1S/C18H27N5OS.HI/c1-23(2)17-8-4-6-15(22-17)14-21-18(20-11-13-25-3)19-10-9-16-7-5-12-24-16;/h4-8,12H,9-11,13-14H2,1-3H3,(H2,19,20,21);1H. The van der Waals surface area contributed by atoms with Gasteiger partial charge in [-0.15, -0.1) is 24.0 Å². The zero-order valence-electron chi connectivity index (χ0n) is 15.6. The molecule has 6 nitrogen and oxygen atoms in total. The van der Waals surface area contributed by atoms with Crippen LogP contribution in [-0.4, -0.2) is 50.1 Å². The minimum absolute atomic E-state index is 0. The van der Waals surface area contributed by atoms with Crippen molar-refractivity contribution in [3.8, 4) is 0 Å². The second kappa shape index (κ2) is 12.9. The van der Waals surface area contributed by atoms with E-state index in [-0.39, 0.29) is 24.0 Å². The fourth-order valence-electron chi connectivity index (χ4n) is 2.17. The number of thioether (sulfide) groups is 1. The first-order valence-corrected chi connectivity index (χ1v) is 9.75. The number of pyridine rings is 1. The Hall–Kier alpha value is -1.42. The Bertz CT molecular complexity index is 649. The fraction of sp³-hybridized carbons (Fsp3) is 0.444. The van der Waals surface area contributed by atoms with Crippen LogP contribution < -0.4 is 15.5 Å². The largest absolute Gasteiger partial charge is 0.469 e. The van der Waals surface area contributed by atoms with Crippen LogP contribution in [0.15, 0.2) is 46.0 Å². The summed E-state index contributed by atoms with van der Waals surface area (Å²) in [4.78, 5) is 11.3. The van der Waals surface area contributed by atoms with Crippen LogP contribution in [0.1, 0.15) is 11.5 Å². The highest BCUT2D eigenvalue weighted by molar-refractivity contribution is 14.0. The third kappa shape index (κ3) is 8.31. The molecule has 0 saturated heterocycles. The highest BCUT2D eigenvalue weighted by Gasteiger charge is 2.02. The lowest BCUT2D eigenvalue weighted by atomic mass is 10.3. The van der Waals surface area contributed by atoms with Gasteiger partial charge >= 0.3 is 0 Å². The average Bonchev–Trinajstić information content (AvgIpc) is 3.13. The minimum atomic E-state index is 0. The van der Waals surface area contributed by atoms with Gasteiger partial charge in [-0.2, -0.15) is 11.8 Å². The molecule has 2 aromatic rings. The van der Waals surface area contributed by atoms with Gasteiger partial charge in [0.25, 0.3) is 0 Å². The molecule has 0 fully saturated rings. The van der Waals surface area contributed by atoms with E-state index in [1.807, 2.05) is 49.3 Å². The molecule has 26 heavy (non-hydrogen) atoms. The third-order valence-corrected chi connectivity index (χ3v) is 4.10. The molecule has 0 aromatic carbocycles. The fourth-order valence-corrected chi connectivity index (χ4v) is 2.48. The molecule has 2 heterocycles. The summed E-state index contributed by atoms with van der Waals surface area (Å²) in [5, 5.41) is 6.71. The quantitative estimate of drug-likeness (QED) is 0.245. The van der Waals surface area contributed by atoms with Gasteiger partial charge in [-0.3, -0.25) is 0 Å². The van der Waals surface area contributed by atoms with Crippen molar-refractivity contribution in [2.75, 3.05) is 44.1 Å². The Labute approximate surface area is 177 Å². The van der Waals surface area contributed by atoms with Gasteiger partial charge in [0.2, 0.25) is 0 Å². The molecule has 0 spiro atoms. The zero-order chi connectivity index (χ0) is 17.9.